The molecule has 1 saturated heterocycles. The number of carbonyl (C=O) groups excluding carboxylic acids is 1. The number of rotatable bonds is 0. The van der Waals surface area contributed by atoms with Crippen molar-refractivity contribution >= 4 is 11.8 Å². The van der Waals surface area contributed by atoms with Crippen LogP contribution < -0.4 is 10.8 Å². The van der Waals surface area contributed by atoms with Crippen LogP contribution in [-0.4, -0.2) is 30.9 Å². The molecule has 1 unspecified atom stereocenters. The summed E-state index contributed by atoms with van der Waals surface area (Å²) < 4.78 is 0. The molecule has 11 heavy (non-hydrogen) atoms. The van der Waals surface area contributed by atoms with Gasteiger partial charge in [0.05, 0.1) is 19.0 Å². The van der Waals surface area contributed by atoms with E-state index >= 15 is 0 Å². The highest BCUT2D eigenvalue weighted by Gasteiger charge is 2.28. The summed E-state index contributed by atoms with van der Waals surface area (Å²) in [6.07, 6.45) is 0.429. The van der Waals surface area contributed by atoms with Gasteiger partial charge in [-0.05, 0) is 0 Å². The quantitative estimate of drug-likeness (QED) is 0.462. The van der Waals surface area contributed by atoms with Crippen LogP contribution in [0.15, 0.2) is 4.99 Å². The van der Waals surface area contributed by atoms with Gasteiger partial charge in [0.15, 0.2) is 0 Å². The number of hydroxylamine groups is 1. The Balaban J connectivity index is 2.12. The molecular weight excluding hydrogens is 146 g/mol. The molecular formula is C6H9N3O2. The maximum Gasteiger partial charge on any atom is 0.254 e. The van der Waals surface area contributed by atoms with Crippen molar-refractivity contribution in [3.05, 3.63) is 0 Å². The largest absolute Gasteiger partial charge is 0.362 e. The minimum atomic E-state index is -0.0941. The van der Waals surface area contributed by atoms with Crippen LogP contribution in [0.3, 0.4) is 0 Å². The average Bonchev–Trinajstić information content (AvgIpc) is 2.04. The van der Waals surface area contributed by atoms with Crippen molar-refractivity contribution in [1.82, 2.24) is 10.8 Å². The molecule has 2 heterocycles. The first kappa shape index (κ1) is 6.60. The Kier molecular flexibility index (Phi) is 1.50. The molecule has 0 aliphatic carbocycles. The van der Waals surface area contributed by atoms with Crippen LogP contribution in [0.1, 0.15) is 6.42 Å². The Morgan fingerprint density at radius 3 is 3.45 bits per heavy atom. The Bertz CT molecular complexity index is 214. The van der Waals surface area contributed by atoms with Gasteiger partial charge in [-0.15, -0.1) is 0 Å². The monoisotopic (exact) mass is 155 g/mol. The molecule has 0 radical (unpaired) electrons. The lowest BCUT2D eigenvalue weighted by Gasteiger charge is -2.27. The fourth-order valence-electron chi connectivity index (χ4n) is 1.20. The van der Waals surface area contributed by atoms with Crippen LogP contribution in [0.4, 0.5) is 0 Å². The minimum absolute atomic E-state index is 0.00231. The van der Waals surface area contributed by atoms with E-state index in [-0.39, 0.29) is 11.9 Å². The number of fused-ring (bicyclic) bond motifs is 1. The van der Waals surface area contributed by atoms with Crippen LogP contribution in [-0.2, 0) is 9.63 Å². The highest BCUT2D eigenvalue weighted by Crippen LogP contribution is 2.05. The topological polar surface area (TPSA) is 62.7 Å². The van der Waals surface area contributed by atoms with Crippen molar-refractivity contribution < 1.29 is 9.63 Å². The highest BCUT2D eigenvalue weighted by atomic mass is 16.7. The number of aliphatic imine (C=N–C) groups is 1. The van der Waals surface area contributed by atoms with Crippen LogP contribution >= 0.6 is 0 Å². The summed E-state index contributed by atoms with van der Waals surface area (Å²) in [5.41, 5.74) is 2.27. The maximum atomic E-state index is 10.8. The van der Waals surface area contributed by atoms with Gasteiger partial charge in [-0.1, -0.05) is 0 Å². The third-order valence-corrected chi connectivity index (χ3v) is 1.73. The molecule has 0 saturated carbocycles. The molecule has 1 atom stereocenters. The van der Waals surface area contributed by atoms with Gasteiger partial charge in [-0.3, -0.25) is 9.79 Å². The van der Waals surface area contributed by atoms with Gasteiger partial charge in [-0.2, -0.15) is 5.48 Å². The highest BCUT2D eigenvalue weighted by molar-refractivity contribution is 5.92. The van der Waals surface area contributed by atoms with E-state index in [0.717, 1.165) is 13.1 Å². The van der Waals surface area contributed by atoms with E-state index < -0.39 is 0 Å². The van der Waals surface area contributed by atoms with Gasteiger partial charge in [0.25, 0.3) is 5.91 Å². The molecule has 0 aromatic heterocycles. The van der Waals surface area contributed by atoms with Crippen molar-refractivity contribution in [3.8, 4) is 0 Å². The molecule has 0 aromatic rings. The summed E-state index contributed by atoms with van der Waals surface area (Å²) in [7, 11) is 0. The van der Waals surface area contributed by atoms with E-state index in [1.807, 2.05) is 0 Å². The van der Waals surface area contributed by atoms with Gasteiger partial charge in [0.2, 0.25) is 5.90 Å². The summed E-state index contributed by atoms with van der Waals surface area (Å²) in [5, 5.41) is 3.13. The molecule has 1 amide bonds. The summed E-state index contributed by atoms with van der Waals surface area (Å²) in [4.78, 5) is 19.8. The molecule has 5 heteroatoms. The fourth-order valence-corrected chi connectivity index (χ4v) is 1.20. The molecule has 2 aliphatic heterocycles. The van der Waals surface area contributed by atoms with Crippen molar-refractivity contribution in [1.29, 1.82) is 0 Å². The lowest BCUT2D eigenvalue weighted by molar-refractivity contribution is -0.130. The summed E-state index contributed by atoms with van der Waals surface area (Å²) in [5.74, 6) is 0.513. The van der Waals surface area contributed by atoms with Crippen molar-refractivity contribution in [2.24, 2.45) is 4.99 Å². The maximum absolute atomic E-state index is 10.8. The zero-order chi connectivity index (χ0) is 7.68. The van der Waals surface area contributed by atoms with Crippen LogP contribution in [0.2, 0.25) is 0 Å². The smallest absolute Gasteiger partial charge is 0.254 e. The first-order valence-electron chi connectivity index (χ1n) is 3.59. The van der Waals surface area contributed by atoms with Crippen molar-refractivity contribution in [3.63, 3.8) is 0 Å². The Morgan fingerprint density at radius 2 is 2.55 bits per heavy atom. The Hall–Kier alpha value is -1.10. The molecule has 60 valence electrons. The van der Waals surface area contributed by atoms with E-state index in [1.165, 1.54) is 0 Å². The van der Waals surface area contributed by atoms with Crippen molar-refractivity contribution in [2.75, 3.05) is 13.1 Å². The predicted octanol–water partition coefficient (Wildman–Crippen LogP) is -1.19. The SMILES string of the molecule is O=C1CC2NCCN=C2ON1. The van der Waals surface area contributed by atoms with E-state index in [9.17, 15) is 4.79 Å². The standard InChI is InChI=1S/C6H9N3O2/c10-5-3-4-6(11-9-5)8-2-1-7-4/h4,7H,1-3H2,(H,9,10). The lowest BCUT2D eigenvalue weighted by atomic mass is 10.1. The van der Waals surface area contributed by atoms with Crippen LogP contribution in [0, 0.1) is 0 Å². The van der Waals surface area contributed by atoms with Gasteiger partial charge >= 0.3 is 0 Å². The molecule has 2 rings (SSSR count). The zero-order valence-corrected chi connectivity index (χ0v) is 5.96. The first-order valence-corrected chi connectivity index (χ1v) is 3.59. The molecule has 2 N–H and O–H groups in total. The van der Waals surface area contributed by atoms with Crippen molar-refractivity contribution in [2.45, 2.75) is 12.5 Å². The molecule has 2 aliphatic rings. The Labute approximate surface area is 63.8 Å². The molecule has 1 fully saturated rings. The van der Waals surface area contributed by atoms with E-state index in [1.54, 1.807) is 0 Å². The third kappa shape index (κ3) is 1.19. The third-order valence-electron chi connectivity index (χ3n) is 1.73. The second kappa shape index (κ2) is 2.50. The van der Waals surface area contributed by atoms with Crippen LogP contribution in [0.5, 0.6) is 0 Å². The van der Waals surface area contributed by atoms with E-state index in [4.69, 9.17) is 4.84 Å². The second-order valence-corrected chi connectivity index (χ2v) is 2.56. The number of nitrogens with one attached hydrogen (secondary N) is 2. The van der Waals surface area contributed by atoms with Gasteiger partial charge in [0, 0.05) is 6.54 Å². The Morgan fingerprint density at radius 1 is 1.64 bits per heavy atom. The fraction of sp³-hybridized carbons (Fsp3) is 0.667. The summed E-state index contributed by atoms with van der Waals surface area (Å²) >= 11 is 0. The first-order chi connectivity index (χ1) is 5.36. The second-order valence-electron chi connectivity index (χ2n) is 2.56. The number of hydrogen-bond donors (Lipinski definition) is 2. The number of hydrogen-bond acceptors (Lipinski definition) is 4. The zero-order valence-electron chi connectivity index (χ0n) is 5.96. The number of nitrogens with zero attached hydrogens (tertiary/aromatic N) is 1. The van der Waals surface area contributed by atoms with Gasteiger partial charge < -0.3 is 10.2 Å². The minimum Gasteiger partial charge on any atom is -0.362 e. The lowest BCUT2D eigenvalue weighted by Crippen LogP contribution is -2.52. The normalized spacial score (nSPS) is 29.6. The van der Waals surface area contributed by atoms with Gasteiger partial charge in [-0.25, -0.2) is 0 Å². The number of amides is 1. The van der Waals surface area contributed by atoms with E-state index in [0.29, 0.717) is 12.3 Å². The molecule has 0 spiro atoms. The average molecular weight is 155 g/mol. The number of carbonyl (C=O) groups is 1. The van der Waals surface area contributed by atoms with Crippen LogP contribution in [0.25, 0.3) is 0 Å². The predicted molar refractivity (Wildman–Crippen MR) is 37.9 cm³/mol. The summed E-state index contributed by atoms with van der Waals surface area (Å²) in [6.45, 7) is 1.55. The summed E-state index contributed by atoms with van der Waals surface area (Å²) in [6, 6.07) is -0.00231. The molecule has 0 aromatic carbocycles. The van der Waals surface area contributed by atoms with Gasteiger partial charge in [0.1, 0.15) is 0 Å². The molecule has 5 nitrogen and oxygen atoms in total. The van der Waals surface area contributed by atoms with E-state index in [2.05, 4.69) is 15.8 Å². The molecule has 0 bridgehead atoms.